The first-order valence-corrected chi connectivity index (χ1v) is 13.4. The molecule has 1 unspecified atom stereocenters. The molecular formula is C28H34BrN3O5. The molecule has 0 N–H and O–H groups in total. The highest BCUT2D eigenvalue weighted by atomic mass is 79.9. The number of nitrogens with zero attached hydrogens (tertiary/aromatic N) is 3. The Morgan fingerprint density at radius 1 is 1.14 bits per heavy atom. The lowest BCUT2D eigenvalue weighted by atomic mass is 9.88. The molecule has 1 aliphatic rings. The van der Waals surface area contributed by atoms with Gasteiger partial charge in [0.05, 0.1) is 47.9 Å². The number of hydrogen-bond donors (Lipinski definition) is 0. The molecule has 9 heteroatoms. The van der Waals surface area contributed by atoms with Crippen molar-refractivity contribution in [3.05, 3.63) is 57.0 Å². The molecule has 198 valence electrons. The minimum Gasteiger partial charge on any atom is -0.497 e. The molecule has 1 heterocycles. The zero-order chi connectivity index (χ0) is 26.5. The molecule has 0 radical (unpaired) electrons. The normalized spacial score (nSPS) is 14.9. The Labute approximate surface area is 225 Å². The lowest BCUT2D eigenvalue weighted by Crippen LogP contribution is -2.42. The summed E-state index contributed by atoms with van der Waals surface area (Å²) < 4.78 is 18.6. The van der Waals surface area contributed by atoms with Gasteiger partial charge in [0.2, 0.25) is 5.91 Å². The van der Waals surface area contributed by atoms with Crippen molar-refractivity contribution in [2.24, 2.45) is 5.92 Å². The van der Waals surface area contributed by atoms with Crippen LogP contribution in [0.5, 0.6) is 11.5 Å². The molecule has 37 heavy (non-hydrogen) atoms. The van der Waals surface area contributed by atoms with Gasteiger partial charge in [-0.3, -0.25) is 14.2 Å². The summed E-state index contributed by atoms with van der Waals surface area (Å²) in [5, 5.41) is 0.481. The average Bonchev–Trinajstić information content (AvgIpc) is 2.93. The van der Waals surface area contributed by atoms with E-state index in [1.807, 2.05) is 30.0 Å². The molecule has 1 fully saturated rings. The van der Waals surface area contributed by atoms with E-state index in [9.17, 15) is 9.59 Å². The smallest absolute Gasteiger partial charge is 0.266 e. The summed E-state index contributed by atoms with van der Waals surface area (Å²) in [5.74, 6) is 1.56. The van der Waals surface area contributed by atoms with Crippen molar-refractivity contribution < 1.29 is 19.0 Å². The molecule has 4 rings (SSSR count). The fourth-order valence-electron chi connectivity index (χ4n) is 5.06. The lowest BCUT2D eigenvalue weighted by Gasteiger charge is -2.34. The number of methoxy groups -OCH3 is 3. The first-order chi connectivity index (χ1) is 17.9. The van der Waals surface area contributed by atoms with Gasteiger partial charge >= 0.3 is 0 Å². The van der Waals surface area contributed by atoms with Crippen LogP contribution in [-0.4, -0.2) is 54.8 Å². The molecule has 1 atom stereocenters. The predicted molar refractivity (Wildman–Crippen MR) is 147 cm³/mol. The van der Waals surface area contributed by atoms with E-state index in [4.69, 9.17) is 19.2 Å². The number of benzene rings is 2. The Kier molecular flexibility index (Phi) is 8.87. The minimum absolute atomic E-state index is 0.0302. The molecule has 3 aromatic rings. The van der Waals surface area contributed by atoms with Gasteiger partial charge in [0.15, 0.2) is 0 Å². The summed E-state index contributed by atoms with van der Waals surface area (Å²) in [6, 6.07) is 10.3. The number of halogens is 1. The molecule has 0 saturated heterocycles. The van der Waals surface area contributed by atoms with Gasteiger partial charge in [-0.15, -0.1) is 0 Å². The van der Waals surface area contributed by atoms with Crippen molar-refractivity contribution in [3.8, 4) is 17.2 Å². The van der Waals surface area contributed by atoms with Crippen LogP contribution in [0.1, 0.15) is 50.9 Å². The fourth-order valence-corrected chi connectivity index (χ4v) is 5.63. The van der Waals surface area contributed by atoms with Gasteiger partial charge < -0.3 is 19.1 Å². The minimum atomic E-state index is -0.494. The van der Waals surface area contributed by atoms with Crippen LogP contribution in [0, 0.1) is 5.92 Å². The van der Waals surface area contributed by atoms with E-state index < -0.39 is 6.04 Å². The first-order valence-electron chi connectivity index (χ1n) is 12.6. The molecule has 0 spiro atoms. The lowest BCUT2D eigenvalue weighted by molar-refractivity contribution is -0.139. The summed E-state index contributed by atoms with van der Waals surface area (Å²) in [6.07, 6.45) is 5.03. The molecule has 1 aromatic heterocycles. The second-order valence-electron chi connectivity index (χ2n) is 9.33. The first kappa shape index (κ1) is 27.1. The summed E-state index contributed by atoms with van der Waals surface area (Å²) in [5.41, 5.74) is 0.867. The van der Waals surface area contributed by atoms with Crippen LogP contribution in [0.3, 0.4) is 0 Å². The third-order valence-electron chi connectivity index (χ3n) is 7.11. The van der Waals surface area contributed by atoms with Crippen molar-refractivity contribution in [1.82, 2.24) is 14.5 Å². The van der Waals surface area contributed by atoms with Crippen LogP contribution >= 0.6 is 15.9 Å². The van der Waals surface area contributed by atoms with Gasteiger partial charge in [0.1, 0.15) is 17.3 Å². The maximum Gasteiger partial charge on any atom is 0.266 e. The number of para-hydroxylation sites is 1. The third-order valence-corrected chi connectivity index (χ3v) is 7.90. The number of rotatable bonds is 9. The highest BCUT2D eigenvalue weighted by Gasteiger charge is 2.32. The number of hydrogen-bond acceptors (Lipinski definition) is 6. The average molecular weight is 573 g/mol. The molecule has 8 nitrogen and oxygen atoms in total. The summed E-state index contributed by atoms with van der Waals surface area (Å²) in [7, 11) is 4.74. The zero-order valence-corrected chi connectivity index (χ0v) is 23.4. The molecular weight excluding hydrogens is 538 g/mol. The van der Waals surface area contributed by atoms with E-state index in [0.717, 1.165) is 32.1 Å². The number of carbonyl (C=O) groups is 1. The van der Waals surface area contributed by atoms with Crippen molar-refractivity contribution in [3.63, 3.8) is 0 Å². The molecule has 0 aliphatic heterocycles. The van der Waals surface area contributed by atoms with Crippen LogP contribution in [0.4, 0.5) is 0 Å². The maximum atomic E-state index is 14.0. The SMILES string of the molecule is COCCN(C(=O)C1CCCCC1)C(C)c1nc2ccccc2c(=O)n1-c1cc(OC)cc(OC)c1Br. The molecule has 2 aromatic carbocycles. The second kappa shape index (κ2) is 12.1. The van der Waals surface area contributed by atoms with Gasteiger partial charge in [-0.05, 0) is 47.8 Å². The highest BCUT2D eigenvalue weighted by molar-refractivity contribution is 9.10. The molecule has 1 aliphatic carbocycles. The van der Waals surface area contributed by atoms with E-state index in [2.05, 4.69) is 15.9 Å². The van der Waals surface area contributed by atoms with Crippen molar-refractivity contribution >= 4 is 32.7 Å². The number of aromatic nitrogens is 2. The quantitative estimate of drug-likeness (QED) is 0.347. The topological polar surface area (TPSA) is 82.9 Å². The zero-order valence-electron chi connectivity index (χ0n) is 21.8. The fraction of sp³-hybridized carbons (Fsp3) is 0.464. The van der Waals surface area contributed by atoms with Crippen LogP contribution in [0.15, 0.2) is 45.7 Å². The van der Waals surface area contributed by atoms with E-state index in [-0.39, 0.29) is 17.4 Å². The van der Waals surface area contributed by atoms with Crippen molar-refractivity contribution in [2.75, 3.05) is 34.5 Å². The Bertz CT molecular complexity index is 1320. The van der Waals surface area contributed by atoms with Crippen molar-refractivity contribution in [1.29, 1.82) is 0 Å². The number of amides is 1. The molecule has 1 saturated carbocycles. The third kappa shape index (κ3) is 5.52. The number of fused-ring (bicyclic) bond motifs is 1. The molecule has 0 bridgehead atoms. The second-order valence-corrected chi connectivity index (χ2v) is 10.1. The van der Waals surface area contributed by atoms with Crippen LogP contribution in [0.2, 0.25) is 0 Å². The summed E-state index contributed by atoms with van der Waals surface area (Å²) >= 11 is 3.62. The standard InChI is InChI=1S/C28H34BrN3O5/c1-18(31(14-15-35-2)27(33)19-10-6-5-7-11-19)26-30-22-13-9-8-12-21(22)28(34)32(26)23-16-20(36-3)17-24(37-4)25(23)29/h8-9,12-13,16-19H,5-7,10-11,14-15H2,1-4H3. The van der Waals surface area contributed by atoms with Gasteiger partial charge in [-0.25, -0.2) is 4.98 Å². The van der Waals surface area contributed by atoms with Gasteiger partial charge in [0, 0.05) is 31.7 Å². The Hall–Kier alpha value is -2.91. The predicted octanol–water partition coefficient (Wildman–Crippen LogP) is 5.28. The highest BCUT2D eigenvalue weighted by Crippen LogP contribution is 2.37. The van der Waals surface area contributed by atoms with E-state index in [1.54, 1.807) is 44.1 Å². The van der Waals surface area contributed by atoms with Gasteiger partial charge in [0.25, 0.3) is 5.56 Å². The Morgan fingerprint density at radius 3 is 2.54 bits per heavy atom. The Balaban J connectivity index is 1.94. The van der Waals surface area contributed by atoms with E-state index >= 15 is 0 Å². The summed E-state index contributed by atoms with van der Waals surface area (Å²) in [4.78, 5) is 34.6. The number of carbonyl (C=O) groups excluding carboxylic acids is 1. The van der Waals surface area contributed by atoms with Crippen molar-refractivity contribution in [2.45, 2.75) is 45.1 Å². The largest absolute Gasteiger partial charge is 0.497 e. The monoisotopic (exact) mass is 571 g/mol. The Morgan fingerprint density at radius 2 is 1.86 bits per heavy atom. The van der Waals surface area contributed by atoms with Gasteiger partial charge in [-0.2, -0.15) is 0 Å². The number of ether oxygens (including phenoxy) is 3. The summed E-state index contributed by atoms with van der Waals surface area (Å²) in [6.45, 7) is 2.71. The van der Waals surface area contributed by atoms with Gasteiger partial charge in [-0.1, -0.05) is 31.4 Å². The van der Waals surface area contributed by atoms with E-state index in [0.29, 0.717) is 51.5 Å². The van der Waals surface area contributed by atoms with Crippen LogP contribution < -0.4 is 15.0 Å². The van der Waals surface area contributed by atoms with Crippen LogP contribution in [-0.2, 0) is 9.53 Å². The maximum absolute atomic E-state index is 14.0. The molecule has 1 amide bonds. The van der Waals surface area contributed by atoms with E-state index in [1.165, 1.54) is 0 Å². The van der Waals surface area contributed by atoms with Crippen LogP contribution in [0.25, 0.3) is 16.6 Å².